The number of carbonyl (C=O) groups is 1. The van der Waals surface area contributed by atoms with Crippen molar-refractivity contribution < 1.29 is 4.79 Å². The summed E-state index contributed by atoms with van der Waals surface area (Å²) in [6.07, 6.45) is 4.92. The summed E-state index contributed by atoms with van der Waals surface area (Å²) in [5.41, 5.74) is 2.09. The fraction of sp³-hybridized carbons (Fsp3) is 0.364. The second-order valence-electron chi connectivity index (χ2n) is 3.97. The average Bonchev–Trinajstić information content (AvgIpc) is 2.89. The highest BCUT2D eigenvalue weighted by atomic mass is 16.2. The SMILES string of the molecule is Cc1cnccc1NCCNC(=O)Cn1cnnn1. The van der Waals surface area contributed by atoms with Crippen LogP contribution < -0.4 is 10.6 Å². The van der Waals surface area contributed by atoms with Crippen LogP contribution in [-0.4, -0.2) is 44.2 Å². The van der Waals surface area contributed by atoms with Gasteiger partial charge in [0.15, 0.2) is 0 Å². The second kappa shape index (κ2) is 6.43. The maximum atomic E-state index is 11.5. The Morgan fingerprint density at radius 1 is 1.42 bits per heavy atom. The van der Waals surface area contributed by atoms with Crippen LogP contribution in [0.25, 0.3) is 0 Å². The van der Waals surface area contributed by atoms with E-state index in [-0.39, 0.29) is 12.5 Å². The number of tetrazole rings is 1. The molecule has 100 valence electrons. The molecule has 0 aliphatic rings. The van der Waals surface area contributed by atoms with Gasteiger partial charge in [0.1, 0.15) is 12.9 Å². The predicted octanol–water partition coefficient (Wildman–Crippen LogP) is -0.395. The Morgan fingerprint density at radius 3 is 3.05 bits per heavy atom. The van der Waals surface area contributed by atoms with Crippen LogP contribution in [0.2, 0.25) is 0 Å². The topological polar surface area (TPSA) is 97.6 Å². The number of amides is 1. The zero-order chi connectivity index (χ0) is 13.5. The Labute approximate surface area is 110 Å². The van der Waals surface area contributed by atoms with Crippen LogP contribution in [0.15, 0.2) is 24.8 Å². The van der Waals surface area contributed by atoms with Crippen molar-refractivity contribution >= 4 is 11.6 Å². The van der Waals surface area contributed by atoms with E-state index >= 15 is 0 Å². The molecule has 0 spiro atoms. The lowest BCUT2D eigenvalue weighted by Gasteiger charge is -2.09. The van der Waals surface area contributed by atoms with E-state index < -0.39 is 0 Å². The Balaban J connectivity index is 1.67. The van der Waals surface area contributed by atoms with E-state index in [1.807, 2.05) is 13.0 Å². The number of nitrogens with one attached hydrogen (secondary N) is 2. The first kappa shape index (κ1) is 12.9. The second-order valence-corrected chi connectivity index (χ2v) is 3.97. The lowest BCUT2D eigenvalue weighted by Crippen LogP contribution is -2.31. The minimum atomic E-state index is -0.124. The third kappa shape index (κ3) is 4.02. The van der Waals surface area contributed by atoms with E-state index in [4.69, 9.17) is 0 Å². The molecule has 0 unspecified atom stereocenters. The smallest absolute Gasteiger partial charge is 0.241 e. The van der Waals surface area contributed by atoms with E-state index in [9.17, 15) is 4.79 Å². The van der Waals surface area contributed by atoms with E-state index in [0.717, 1.165) is 11.3 Å². The van der Waals surface area contributed by atoms with E-state index in [0.29, 0.717) is 13.1 Å². The zero-order valence-corrected chi connectivity index (χ0v) is 10.6. The number of nitrogens with zero attached hydrogens (tertiary/aromatic N) is 5. The Morgan fingerprint density at radius 2 is 2.32 bits per heavy atom. The molecule has 0 bridgehead atoms. The highest BCUT2D eigenvalue weighted by molar-refractivity contribution is 5.75. The number of rotatable bonds is 6. The number of aryl methyl sites for hydroxylation is 1. The van der Waals surface area contributed by atoms with Crippen LogP contribution in [0.4, 0.5) is 5.69 Å². The monoisotopic (exact) mass is 261 g/mol. The summed E-state index contributed by atoms with van der Waals surface area (Å²) < 4.78 is 1.37. The fourth-order valence-electron chi connectivity index (χ4n) is 1.53. The summed E-state index contributed by atoms with van der Waals surface area (Å²) in [5.74, 6) is -0.124. The maximum Gasteiger partial charge on any atom is 0.241 e. The van der Waals surface area contributed by atoms with Crippen LogP contribution in [0.1, 0.15) is 5.56 Å². The molecule has 2 rings (SSSR count). The van der Waals surface area contributed by atoms with E-state index in [1.54, 1.807) is 12.4 Å². The van der Waals surface area contributed by atoms with Crippen molar-refractivity contribution in [3.8, 4) is 0 Å². The molecule has 2 heterocycles. The molecule has 0 aliphatic carbocycles. The number of pyridine rings is 1. The Kier molecular flexibility index (Phi) is 4.38. The van der Waals surface area contributed by atoms with Crippen molar-refractivity contribution in [1.82, 2.24) is 30.5 Å². The van der Waals surface area contributed by atoms with Gasteiger partial charge in [0.25, 0.3) is 0 Å². The molecule has 2 N–H and O–H groups in total. The highest BCUT2D eigenvalue weighted by Crippen LogP contribution is 2.10. The molecule has 2 aromatic rings. The molecule has 8 heteroatoms. The van der Waals surface area contributed by atoms with Gasteiger partial charge in [0.05, 0.1) is 0 Å². The van der Waals surface area contributed by atoms with Gasteiger partial charge >= 0.3 is 0 Å². The van der Waals surface area contributed by atoms with Gasteiger partial charge in [-0.3, -0.25) is 9.78 Å². The van der Waals surface area contributed by atoms with Gasteiger partial charge in [-0.15, -0.1) is 5.10 Å². The van der Waals surface area contributed by atoms with Gasteiger partial charge in [-0.1, -0.05) is 0 Å². The van der Waals surface area contributed by atoms with Crippen LogP contribution in [0, 0.1) is 6.92 Å². The zero-order valence-electron chi connectivity index (χ0n) is 10.6. The standard InChI is InChI=1S/C11H15N7O/c1-9-6-12-3-2-10(9)13-4-5-14-11(19)7-18-8-15-16-17-18/h2-3,6,8H,4-5,7H2,1H3,(H,12,13)(H,14,19). The first-order valence-electron chi connectivity index (χ1n) is 5.87. The summed E-state index contributed by atoms with van der Waals surface area (Å²) in [6, 6.07) is 1.90. The van der Waals surface area contributed by atoms with Crippen molar-refractivity contribution in [2.75, 3.05) is 18.4 Å². The lowest BCUT2D eigenvalue weighted by molar-refractivity contribution is -0.121. The first-order chi connectivity index (χ1) is 9.25. The quantitative estimate of drug-likeness (QED) is 0.687. The summed E-state index contributed by atoms with van der Waals surface area (Å²) >= 11 is 0. The van der Waals surface area contributed by atoms with Crippen molar-refractivity contribution in [2.45, 2.75) is 13.5 Å². The molecule has 0 fully saturated rings. The largest absolute Gasteiger partial charge is 0.383 e. The van der Waals surface area contributed by atoms with Gasteiger partial charge in [-0.2, -0.15) is 0 Å². The molecular formula is C11H15N7O. The molecule has 0 saturated heterocycles. The van der Waals surface area contributed by atoms with Crippen LogP contribution in [-0.2, 0) is 11.3 Å². The van der Waals surface area contributed by atoms with E-state index in [1.165, 1.54) is 11.0 Å². The molecule has 8 nitrogen and oxygen atoms in total. The maximum absolute atomic E-state index is 11.5. The highest BCUT2D eigenvalue weighted by Gasteiger charge is 2.02. The van der Waals surface area contributed by atoms with Crippen molar-refractivity contribution in [1.29, 1.82) is 0 Å². The first-order valence-corrected chi connectivity index (χ1v) is 5.87. The number of hydrogen-bond acceptors (Lipinski definition) is 6. The number of hydrogen-bond donors (Lipinski definition) is 2. The van der Waals surface area contributed by atoms with Crippen molar-refractivity contribution in [3.05, 3.63) is 30.4 Å². The van der Waals surface area contributed by atoms with Crippen LogP contribution in [0.5, 0.6) is 0 Å². The molecule has 0 aliphatic heterocycles. The third-order valence-electron chi connectivity index (χ3n) is 2.48. The number of aromatic nitrogens is 5. The van der Waals surface area contributed by atoms with Crippen LogP contribution in [0.3, 0.4) is 0 Å². The summed E-state index contributed by atoms with van der Waals surface area (Å²) in [4.78, 5) is 15.5. The number of carbonyl (C=O) groups excluding carboxylic acids is 1. The third-order valence-corrected chi connectivity index (χ3v) is 2.48. The van der Waals surface area contributed by atoms with Crippen molar-refractivity contribution in [3.63, 3.8) is 0 Å². The minimum Gasteiger partial charge on any atom is -0.383 e. The number of anilines is 1. The molecule has 0 saturated carbocycles. The molecule has 0 atom stereocenters. The Hall–Kier alpha value is -2.51. The normalized spacial score (nSPS) is 10.2. The molecule has 19 heavy (non-hydrogen) atoms. The molecule has 2 aromatic heterocycles. The summed E-state index contributed by atoms with van der Waals surface area (Å²) in [7, 11) is 0. The van der Waals surface area contributed by atoms with Gasteiger partial charge in [0.2, 0.25) is 5.91 Å². The van der Waals surface area contributed by atoms with Crippen molar-refractivity contribution in [2.24, 2.45) is 0 Å². The van der Waals surface area contributed by atoms with Gasteiger partial charge in [-0.25, -0.2) is 4.68 Å². The molecule has 1 amide bonds. The predicted molar refractivity (Wildman–Crippen MR) is 68.3 cm³/mol. The molecular weight excluding hydrogens is 246 g/mol. The molecule has 0 aromatic carbocycles. The molecule has 0 radical (unpaired) electrons. The van der Waals surface area contributed by atoms with Gasteiger partial charge < -0.3 is 10.6 Å². The minimum absolute atomic E-state index is 0.124. The summed E-state index contributed by atoms with van der Waals surface area (Å²) in [5, 5.41) is 16.5. The van der Waals surface area contributed by atoms with E-state index in [2.05, 4.69) is 31.1 Å². The van der Waals surface area contributed by atoms with Gasteiger partial charge in [0, 0.05) is 31.2 Å². The Bertz CT molecular complexity index is 526. The fourth-order valence-corrected chi connectivity index (χ4v) is 1.53. The average molecular weight is 261 g/mol. The van der Waals surface area contributed by atoms with Crippen LogP contribution >= 0.6 is 0 Å². The van der Waals surface area contributed by atoms with Gasteiger partial charge in [-0.05, 0) is 29.0 Å². The lowest BCUT2D eigenvalue weighted by atomic mass is 10.2. The summed E-state index contributed by atoms with van der Waals surface area (Å²) in [6.45, 7) is 3.28.